The van der Waals surface area contributed by atoms with Crippen LogP contribution in [-0.4, -0.2) is 39.1 Å². The molecular formula is C19H17N5O3. The lowest BCUT2D eigenvalue weighted by molar-refractivity contribution is -0.130. The second-order valence-corrected chi connectivity index (χ2v) is 5.92. The molecule has 27 heavy (non-hydrogen) atoms. The van der Waals surface area contributed by atoms with Crippen molar-refractivity contribution < 1.29 is 14.3 Å². The van der Waals surface area contributed by atoms with Crippen molar-refractivity contribution in [3.05, 3.63) is 66.7 Å². The highest BCUT2D eigenvalue weighted by Gasteiger charge is 2.27. The largest absolute Gasteiger partial charge is 0.485 e. The number of hydrogen-bond donors (Lipinski definition) is 1. The molecule has 8 heteroatoms. The van der Waals surface area contributed by atoms with Crippen molar-refractivity contribution in [3.63, 3.8) is 0 Å². The molecule has 0 saturated heterocycles. The summed E-state index contributed by atoms with van der Waals surface area (Å²) in [6, 6.07) is 14.9. The summed E-state index contributed by atoms with van der Waals surface area (Å²) in [6.07, 6.45) is 2.36. The first kappa shape index (κ1) is 16.8. The van der Waals surface area contributed by atoms with Crippen molar-refractivity contribution in [2.45, 2.75) is 13.0 Å². The van der Waals surface area contributed by atoms with Crippen LogP contribution < -0.4 is 14.9 Å². The number of amides is 1. The molecule has 1 amide bonds. The summed E-state index contributed by atoms with van der Waals surface area (Å²) in [6.45, 7) is 1.96. The number of para-hydroxylation sites is 2. The fourth-order valence-corrected chi connectivity index (χ4v) is 2.62. The molecule has 0 saturated carbocycles. The Kier molecular flexibility index (Phi) is 4.52. The molecule has 2 heterocycles. The van der Waals surface area contributed by atoms with Crippen LogP contribution in [0.4, 0.5) is 0 Å². The third-order valence-corrected chi connectivity index (χ3v) is 4.10. The molecule has 0 radical (unpaired) electrons. The van der Waals surface area contributed by atoms with E-state index < -0.39 is 6.10 Å². The minimum atomic E-state index is -0.744. The smallest absolute Gasteiger partial charge is 0.284 e. The van der Waals surface area contributed by atoms with E-state index in [0.717, 1.165) is 11.3 Å². The fraction of sp³-hybridized carbons (Fsp3) is 0.158. The van der Waals surface area contributed by atoms with Crippen LogP contribution in [0.15, 0.2) is 66.3 Å². The van der Waals surface area contributed by atoms with Crippen LogP contribution in [0.5, 0.6) is 11.5 Å². The normalized spacial score (nSPS) is 16.0. The molecule has 8 nitrogen and oxygen atoms in total. The number of nitrogens with zero attached hydrogens (tertiary/aromatic N) is 4. The molecule has 1 N–H and O–H groups in total. The van der Waals surface area contributed by atoms with Gasteiger partial charge in [0.1, 0.15) is 19.3 Å². The van der Waals surface area contributed by atoms with E-state index in [1.165, 1.54) is 6.33 Å². The lowest BCUT2D eigenvalue weighted by Crippen LogP contribution is -2.42. The zero-order valence-electron chi connectivity index (χ0n) is 14.6. The molecule has 0 spiro atoms. The molecule has 4 rings (SSSR count). The molecule has 1 aliphatic rings. The second-order valence-electron chi connectivity index (χ2n) is 5.92. The maximum Gasteiger partial charge on any atom is 0.284 e. The van der Waals surface area contributed by atoms with Gasteiger partial charge in [-0.2, -0.15) is 10.2 Å². The quantitative estimate of drug-likeness (QED) is 0.565. The summed E-state index contributed by atoms with van der Waals surface area (Å²) in [7, 11) is 0. The lowest BCUT2D eigenvalue weighted by Gasteiger charge is -2.24. The third-order valence-electron chi connectivity index (χ3n) is 4.10. The summed E-state index contributed by atoms with van der Waals surface area (Å²) in [5, 5.41) is 8.25. The zero-order chi connectivity index (χ0) is 18.6. The molecule has 3 aromatic rings. The molecule has 0 fully saturated rings. The van der Waals surface area contributed by atoms with Crippen molar-refractivity contribution >= 4 is 11.6 Å². The SMILES string of the molecule is C/C(=N\NC(=O)C1COc2ccccc2O1)c1ccc(-n2cncn2)cc1. The zero-order valence-corrected chi connectivity index (χ0v) is 14.6. The number of hydrogen-bond acceptors (Lipinski definition) is 6. The topological polar surface area (TPSA) is 90.6 Å². The number of aromatic nitrogens is 3. The van der Waals surface area contributed by atoms with Gasteiger partial charge in [0.15, 0.2) is 11.5 Å². The number of carbonyl (C=O) groups excluding carboxylic acids is 1. The van der Waals surface area contributed by atoms with Gasteiger partial charge in [-0.25, -0.2) is 15.1 Å². The summed E-state index contributed by atoms with van der Waals surface area (Å²) in [5.41, 5.74) is 4.98. The summed E-state index contributed by atoms with van der Waals surface area (Å²) in [4.78, 5) is 16.2. The lowest BCUT2D eigenvalue weighted by atomic mass is 10.1. The van der Waals surface area contributed by atoms with E-state index in [1.54, 1.807) is 23.1 Å². The van der Waals surface area contributed by atoms with Crippen LogP contribution in [0.1, 0.15) is 12.5 Å². The highest BCUT2D eigenvalue weighted by molar-refractivity contribution is 5.99. The van der Waals surface area contributed by atoms with Crippen LogP contribution in [-0.2, 0) is 4.79 Å². The van der Waals surface area contributed by atoms with Crippen LogP contribution in [0.2, 0.25) is 0 Å². The van der Waals surface area contributed by atoms with Gasteiger partial charge in [-0.15, -0.1) is 0 Å². The molecule has 136 valence electrons. The molecule has 1 aliphatic heterocycles. The Morgan fingerprint density at radius 1 is 1.19 bits per heavy atom. The van der Waals surface area contributed by atoms with Crippen LogP contribution in [0, 0.1) is 0 Å². The van der Waals surface area contributed by atoms with Gasteiger partial charge in [-0.3, -0.25) is 4.79 Å². The van der Waals surface area contributed by atoms with Crippen molar-refractivity contribution in [2.75, 3.05) is 6.61 Å². The van der Waals surface area contributed by atoms with Crippen LogP contribution >= 0.6 is 0 Å². The Hall–Kier alpha value is -3.68. The molecule has 0 aliphatic carbocycles. The molecular weight excluding hydrogens is 346 g/mol. The van der Waals surface area contributed by atoms with Gasteiger partial charge >= 0.3 is 0 Å². The van der Waals surface area contributed by atoms with Gasteiger partial charge in [0, 0.05) is 0 Å². The number of fused-ring (bicyclic) bond motifs is 1. The van der Waals surface area contributed by atoms with Crippen LogP contribution in [0.3, 0.4) is 0 Å². The van der Waals surface area contributed by atoms with Gasteiger partial charge in [0.25, 0.3) is 5.91 Å². The maximum atomic E-state index is 12.3. The Bertz CT molecular complexity index is 967. The Morgan fingerprint density at radius 3 is 2.70 bits per heavy atom. The number of rotatable bonds is 4. The van der Waals surface area contributed by atoms with Gasteiger partial charge in [-0.05, 0) is 36.8 Å². The minimum Gasteiger partial charge on any atom is -0.485 e. The predicted octanol–water partition coefficient (Wildman–Crippen LogP) is 1.95. The molecule has 0 bridgehead atoms. The van der Waals surface area contributed by atoms with E-state index in [-0.39, 0.29) is 12.5 Å². The fourth-order valence-electron chi connectivity index (χ4n) is 2.62. The molecule has 1 atom stereocenters. The summed E-state index contributed by atoms with van der Waals surface area (Å²) >= 11 is 0. The number of carbonyl (C=O) groups is 1. The summed E-state index contributed by atoms with van der Waals surface area (Å²) < 4.78 is 12.9. The third kappa shape index (κ3) is 3.64. The van der Waals surface area contributed by atoms with Gasteiger partial charge < -0.3 is 9.47 Å². The van der Waals surface area contributed by atoms with E-state index in [1.807, 2.05) is 43.3 Å². The number of hydrazone groups is 1. The first-order chi connectivity index (χ1) is 13.2. The van der Waals surface area contributed by atoms with E-state index in [0.29, 0.717) is 17.2 Å². The first-order valence-corrected chi connectivity index (χ1v) is 8.39. The van der Waals surface area contributed by atoms with E-state index in [2.05, 4.69) is 20.6 Å². The number of ether oxygens (including phenoxy) is 2. The molecule has 1 aromatic heterocycles. The van der Waals surface area contributed by atoms with Crippen molar-refractivity contribution in [1.82, 2.24) is 20.2 Å². The number of nitrogens with one attached hydrogen (secondary N) is 1. The highest BCUT2D eigenvalue weighted by Crippen LogP contribution is 2.30. The predicted molar refractivity (Wildman–Crippen MR) is 98.1 cm³/mol. The van der Waals surface area contributed by atoms with Crippen molar-refractivity contribution in [1.29, 1.82) is 0 Å². The van der Waals surface area contributed by atoms with Gasteiger partial charge in [-0.1, -0.05) is 24.3 Å². The second kappa shape index (κ2) is 7.28. The van der Waals surface area contributed by atoms with Crippen molar-refractivity contribution in [3.8, 4) is 17.2 Å². The highest BCUT2D eigenvalue weighted by atomic mass is 16.6. The molecule has 1 unspecified atom stereocenters. The van der Waals surface area contributed by atoms with Gasteiger partial charge in [0.05, 0.1) is 11.4 Å². The van der Waals surface area contributed by atoms with Crippen molar-refractivity contribution in [2.24, 2.45) is 5.10 Å². The van der Waals surface area contributed by atoms with Gasteiger partial charge in [0.2, 0.25) is 6.10 Å². The summed E-state index contributed by atoms with van der Waals surface area (Å²) in [5.74, 6) is 0.824. The first-order valence-electron chi connectivity index (χ1n) is 8.39. The average Bonchev–Trinajstić information content (AvgIpc) is 3.26. The van der Waals surface area contributed by atoms with E-state index in [9.17, 15) is 4.79 Å². The van der Waals surface area contributed by atoms with E-state index in [4.69, 9.17) is 9.47 Å². The maximum absolute atomic E-state index is 12.3. The average molecular weight is 363 g/mol. The van der Waals surface area contributed by atoms with E-state index >= 15 is 0 Å². The number of benzene rings is 2. The van der Waals surface area contributed by atoms with Crippen LogP contribution in [0.25, 0.3) is 5.69 Å². The monoisotopic (exact) mass is 363 g/mol. The minimum absolute atomic E-state index is 0.143. The standard InChI is InChI=1S/C19H17N5O3/c1-13(14-6-8-15(9-7-14)24-12-20-11-21-24)22-23-19(25)18-10-26-16-4-2-3-5-17(16)27-18/h2-9,11-12,18H,10H2,1H3,(H,23,25)/b22-13+. The Labute approximate surface area is 155 Å². The Morgan fingerprint density at radius 2 is 1.96 bits per heavy atom. The Balaban J connectivity index is 1.40. The molecule has 2 aromatic carbocycles.